The number of nitrogens with zero attached hydrogens (tertiary/aromatic N) is 4. The maximum atomic E-state index is 10.2. The van der Waals surface area contributed by atoms with Crippen molar-refractivity contribution < 1.29 is 14.6 Å². The van der Waals surface area contributed by atoms with Crippen molar-refractivity contribution in [1.29, 1.82) is 0 Å². The highest BCUT2D eigenvalue weighted by Crippen LogP contribution is 2.27. The molecule has 7 nitrogen and oxygen atoms in total. The Bertz CT molecular complexity index is 883. The lowest BCUT2D eigenvalue weighted by molar-refractivity contribution is 0.126. The maximum absolute atomic E-state index is 10.2. The molecule has 0 saturated heterocycles. The minimum absolute atomic E-state index is 0.200. The molecular formula is C19H22N4O3S. The molecule has 3 rings (SSSR count). The van der Waals surface area contributed by atoms with Crippen LogP contribution in [0.25, 0.3) is 5.69 Å². The molecule has 3 aromatic rings. The second kappa shape index (κ2) is 8.88. The van der Waals surface area contributed by atoms with E-state index < -0.39 is 6.10 Å². The number of aryl methyl sites for hydroxylation is 2. The molecule has 1 N–H and O–H groups in total. The van der Waals surface area contributed by atoms with Crippen molar-refractivity contribution in [2.24, 2.45) is 0 Å². The van der Waals surface area contributed by atoms with Gasteiger partial charge in [0.2, 0.25) is 5.16 Å². The molecule has 0 amide bonds. The van der Waals surface area contributed by atoms with Crippen LogP contribution in [0.3, 0.4) is 0 Å². The molecule has 1 atom stereocenters. The van der Waals surface area contributed by atoms with Crippen molar-refractivity contribution in [2.75, 3.05) is 19.5 Å². The molecule has 1 aromatic heterocycles. The Morgan fingerprint density at radius 1 is 1.11 bits per heavy atom. The monoisotopic (exact) mass is 386 g/mol. The number of aliphatic hydroxyl groups excluding tert-OH is 1. The van der Waals surface area contributed by atoms with Crippen LogP contribution < -0.4 is 9.47 Å². The fourth-order valence-corrected chi connectivity index (χ4v) is 3.22. The summed E-state index contributed by atoms with van der Waals surface area (Å²) in [7, 11) is 1.61. The van der Waals surface area contributed by atoms with Gasteiger partial charge in [-0.15, -0.1) is 5.10 Å². The molecule has 142 valence electrons. The number of thioether (sulfide) groups is 1. The van der Waals surface area contributed by atoms with E-state index in [1.54, 1.807) is 11.8 Å². The fraction of sp³-hybridized carbons (Fsp3) is 0.316. The number of hydrogen-bond acceptors (Lipinski definition) is 7. The number of aromatic nitrogens is 4. The van der Waals surface area contributed by atoms with E-state index in [9.17, 15) is 5.11 Å². The molecule has 0 radical (unpaired) electrons. The summed E-state index contributed by atoms with van der Waals surface area (Å²) in [4.78, 5) is 0. The van der Waals surface area contributed by atoms with Gasteiger partial charge in [-0.25, -0.2) is 0 Å². The number of rotatable bonds is 8. The summed E-state index contributed by atoms with van der Waals surface area (Å²) in [6.07, 6.45) is -0.652. The minimum atomic E-state index is -0.652. The molecule has 0 aliphatic carbocycles. The van der Waals surface area contributed by atoms with Crippen molar-refractivity contribution in [3.63, 3.8) is 0 Å². The van der Waals surface area contributed by atoms with Crippen LogP contribution in [-0.4, -0.2) is 50.9 Å². The predicted molar refractivity (Wildman–Crippen MR) is 104 cm³/mol. The van der Waals surface area contributed by atoms with E-state index in [0.717, 1.165) is 22.6 Å². The molecule has 27 heavy (non-hydrogen) atoms. The summed E-state index contributed by atoms with van der Waals surface area (Å²) in [6.45, 7) is 4.21. The zero-order valence-corrected chi connectivity index (χ0v) is 16.3. The van der Waals surface area contributed by atoms with Gasteiger partial charge in [0.15, 0.2) is 0 Å². The number of methoxy groups -OCH3 is 1. The van der Waals surface area contributed by atoms with E-state index in [0.29, 0.717) is 16.7 Å². The summed E-state index contributed by atoms with van der Waals surface area (Å²) in [5, 5.41) is 22.7. The highest BCUT2D eigenvalue weighted by molar-refractivity contribution is 7.99. The zero-order chi connectivity index (χ0) is 19.2. The van der Waals surface area contributed by atoms with Crippen LogP contribution in [0.15, 0.2) is 47.6 Å². The normalized spacial score (nSPS) is 12.0. The van der Waals surface area contributed by atoms with Gasteiger partial charge in [0.05, 0.1) is 13.2 Å². The number of tetrazole rings is 1. The number of ether oxygens (including phenoxy) is 2. The first-order valence-electron chi connectivity index (χ1n) is 8.50. The van der Waals surface area contributed by atoms with Gasteiger partial charge in [0.1, 0.15) is 23.8 Å². The van der Waals surface area contributed by atoms with Crippen LogP contribution in [-0.2, 0) is 0 Å². The number of hydrogen-bond donors (Lipinski definition) is 1. The first-order chi connectivity index (χ1) is 13.1. The van der Waals surface area contributed by atoms with E-state index in [-0.39, 0.29) is 6.61 Å². The Labute approximate surface area is 162 Å². The van der Waals surface area contributed by atoms with Crippen molar-refractivity contribution in [3.8, 4) is 17.2 Å². The van der Waals surface area contributed by atoms with Gasteiger partial charge in [-0.2, -0.15) is 4.68 Å². The van der Waals surface area contributed by atoms with Crippen LogP contribution in [0.5, 0.6) is 11.5 Å². The lowest BCUT2D eigenvalue weighted by atomic mass is 10.2. The van der Waals surface area contributed by atoms with Crippen LogP contribution >= 0.6 is 11.8 Å². The molecule has 8 heteroatoms. The average Bonchev–Trinajstić information content (AvgIpc) is 3.14. The largest absolute Gasteiger partial charge is 0.494 e. The Morgan fingerprint density at radius 2 is 1.85 bits per heavy atom. The Morgan fingerprint density at radius 3 is 2.59 bits per heavy atom. The summed E-state index contributed by atoms with van der Waals surface area (Å²) in [6, 6.07) is 13.5. The van der Waals surface area contributed by atoms with E-state index in [4.69, 9.17) is 9.47 Å². The van der Waals surface area contributed by atoms with E-state index in [1.807, 2.05) is 56.3 Å². The Kier molecular flexibility index (Phi) is 6.31. The zero-order valence-electron chi connectivity index (χ0n) is 15.5. The van der Waals surface area contributed by atoms with Gasteiger partial charge in [0, 0.05) is 5.75 Å². The predicted octanol–water partition coefficient (Wildman–Crippen LogP) is 2.82. The SMILES string of the molecule is COc1ccc(C)cc1-n1nnnc1SC[C@H](O)COc1ccc(C)cc1. The standard InChI is InChI=1S/C19H22N4O3S/c1-13-4-7-16(8-5-13)26-11-15(24)12-27-19-20-21-22-23(19)17-10-14(2)6-9-18(17)25-3/h4-10,15,24H,11-12H2,1-3H3/t15-/m1/s1. The Hall–Kier alpha value is -2.58. The van der Waals surface area contributed by atoms with Crippen LogP contribution in [0.2, 0.25) is 0 Å². The molecular weight excluding hydrogens is 364 g/mol. The molecule has 2 aromatic carbocycles. The van der Waals surface area contributed by atoms with Gasteiger partial charge >= 0.3 is 0 Å². The van der Waals surface area contributed by atoms with E-state index in [2.05, 4.69) is 15.5 Å². The van der Waals surface area contributed by atoms with E-state index in [1.165, 1.54) is 11.8 Å². The van der Waals surface area contributed by atoms with E-state index >= 15 is 0 Å². The first-order valence-corrected chi connectivity index (χ1v) is 9.49. The highest BCUT2D eigenvalue weighted by Gasteiger charge is 2.16. The highest BCUT2D eigenvalue weighted by atomic mass is 32.2. The molecule has 0 bridgehead atoms. The van der Waals surface area contributed by atoms with Gasteiger partial charge in [0.25, 0.3) is 0 Å². The van der Waals surface area contributed by atoms with Crippen molar-refractivity contribution in [2.45, 2.75) is 25.1 Å². The molecule has 0 saturated carbocycles. The third-order valence-electron chi connectivity index (χ3n) is 3.87. The Balaban J connectivity index is 1.61. The van der Waals surface area contributed by atoms with Crippen molar-refractivity contribution >= 4 is 11.8 Å². The van der Waals surface area contributed by atoms with Gasteiger partial charge in [-0.3, -0.25) is 0 Å². The smallest absolute Gasteiger partial charge is 0.214 e. The average molecular weight is 386 g/mol. The number of benzene rings is 2. The van der Waals surface area contributed by atoms with Gasteiger partial charge in [-0.1, -0.05) is 35.5 Å². The summed E-state index contributed by atoms with van der Waals surface area (Å²) in [5.74, 6) is 1.82. The lowest BCUT2D eigenvalue weighted by Gasteiger charge is -2.13. The van der Waals surface area contributed by atoms with Crippen LogP contribution in [0.1, 0.15) is 11.1 Å². The summed E-state index contributed by atoms with van der Waals surface area (Å²) >= 11 is 1.36. The molecule has 0 unspecified atom stereocenters. The number of aliphatic hydroxyl groups is 1. The minimum Gasteiger partial charge on any atom is -0.494 e. The van der Waals surface area contributed by atoms with Crippen molar-refractivity contribution in [1.82, 2.24) is 20.2 Å². The molecule has 0 spiro atoms. The van der Waals surface area contributed by atoms with Gasteiger partial charge < -0.3 is 14.6 Å². The second-order valence-electron chi connectivity index (χ2n) is 6.14. The maximum Gasteiger partial charge on any atom is 0.214 e. The molecule has 0 fully saturated rings. The quantitative estimate of drug-likeness (QED) is 0.596. The first kappa shape index (κ1) is 19.2. The molecule has 0 aliphatic heterocycles. The summed E-state index contributed by atoms with van der Waals surface area (Å²) in [5.41, 5.74) is 3.00. The fourth-order valence-electron chi connectivity index (χ4n) is 2.43. The summed E-state index contributed by atoms with van der Waals surface area (Å²) < 4.78 is 12.6. The molecule has 1 heterocycles. The van der Waals surface area contributed by atoms with Crippen LogP contribution in [0.4, 0.5) is 0 Å². The molecule has 0 aliphatic rings. The third-order valence-corrected chi connectivity index (χ3v) is 4.94. The lowest BCUT2D eigenvalue weighted by Crippen LogP contribution is -2.20. The topological polar surface area (TPSA) is 82.3 Å². The van der Waals surface area contributed by atoms with Gasteiger partial charge in [-0.05, 0) is 54.1 Å². The van der Waals surface area contributed by atoms with Crippen LogP contribution in [0, 0.1) is 13.8 Å². The second-order valence-corrected chi connectivity index (χ2v) is 7.12. The van der Waals surface area contributed by atoms with Crippen molar-refractivity contribution in [3.05, 3.63) is 53.6 Å². The third kappa shape index (κ3) is 4.99.